The van der Waals surface area contributed by atoms with E-state index in [1.165, 1.54) is 101 Å². The van der Waals surface area contributed by atoms with E-state index in [2.05, 4.69) is 26.0 Å². The zero-order chi connectivity index (χ0) is 24.3. The molecule has 0 bridgehead atoms. The number of halogens is 2. The summed E-state index contributed by atoms with van der Waals surface area (Å²) in [5, 5.41) is 8.87. The van der Waals surface area contributed by atoms with Crippen molar-refractivity contribution < 1.29 is 8.78 Å². The Morgan fingerprint density at radius 2 is 1.38 bits per heavy atom. The maximum absolute atomic E-state index is 14.0. The Morgan fingerprint density at radius 3 is 1.94 bits per heavy atom. The Hall–Kier alpha value is -2.21. The molecule has 1 saturated carbocycles. The normalized spacial score (nSPS) is 19.0. The van der Waals surface area contributed by atoms with Crippen LogP contribution in [0.5, 0.6) is 0 Å². The van der Waals surface area contributed by atoms with E-state index in [4.69, 9.17) is 5.26 Å². The van der Waals surface area contributed by atoms with Crippen molar-refractivity contribution in [3.8, 4) is 17.2 Å². The molecule has 0 saturated heterocycles. The minimum absolute atomic E-state index is 0.467. The van der Waals surface area contributed by atoms with Gasteiger partial charge >= 0.3 is 0 Å². The third-order valence-corrected chi connectivity index (χ3v) is 7.99. The molecule has 184 valence electrons. The van der Waals surface area contributed by atoms with Gasteiger partial charge < -0.3 is 0 Å². The van der Waals surface area contributed by atoms with Crippen LogP contribution in [0.4, 0.5) is 8.78 Å². The van der Waals surface area contributed by atoms with Gasteiger partial charge in [-0.3, -0.25) is 0 Å². The monoisotopic (exact) mass is 465 g/mol. The average molecular weight is 466 g/mol. The lowest BCUT2D eigenvalue weighted by Crippen LogP contribution is -2.19. The van der Waals surface area contributed by atoms with Crippen molar-refractivity contribution in [1.29, 1.82) is 5.26 Å². The first kappa shape index (κ1) is 26.4. The first-order chi connectivity index (χ1) is 16.5. The van der Waals surface area contributed by atoms with E-state index < -0.39 is 17.2 Å². The van der Waals surface area contributed by atoms with Crippen LogP contribution in [-0.2, 0) is 0 Å². The van der Waals surface area contributed by atoms with E-state index in [0.717, 1.165) is 11.5 Å². The molecule has 34 heavy (non-hydrogen) atoms. The predicted octanol–water partition coefficient (Wildman–Crippen LogP) is 9.94. The van der Waals surface area contributed by atoms with Gasteiger partial charge in [0.2, 0.25) is 0 Å². The van der Waals surface area contributed by atoms with E-state index in [0.29, 0.717) is 17.4 Å². The van der Waals surface area contributed by atoms with Gasteiger partial charge in [0, 0.05) is 0 Å². The smallest absolute Gasteiger partial charge is 0.144 e. The number of hydrogen-bond acceptors (Lipinski definition) is 1. The fourth-order valence-corrected chi connectivity index (χ4v) is 5.64. The highest BCUT2D eigenvalue weighted by Gasteiger charge is 2.26. The van der Waals surface area contributed by atoms with Crippen LogP contribution in [0.25, 0.3) is 11.1 Å². The third kappa shape index (κ3) is 7.39. The second kappa shape index (κ2) is 13.6. The molecule has 1 aliphatic rings. The zero-order valence-corrected chi connectivity index (χ0v) is 21.1. The summed E-state index contributed by atoms with van der Waals surface area (Å²) >= 11 is 0. The lowest BCUT2D eigenvalue weighted by Gasteiger charge is -2.32. The summed E-state index contributed by atoms with van der Waals surface area (Å²) in [6, 6.07) is 12.2. The van der Waals surface area contributed by atoms with Gasteiger partial charge in [-0.15, -0.1) is 0 Å². The van der Waals surface area contributed by atoms with Crippen molar-refractivity contribution in [3.63, 3.8) is 0 Å². The molecule has 0 spiro atoms. The van der Waals surface area contributed by atoms with Gasteiger partial charge in [0.1, 0.15) is 23.3 Å². The first-order valence-corrected chi connectivity index (χ1v) is 13.5. The Morgan fingerprint density at radius 1 is 0.824 bits per heavy atom. The maximum atomic E-state index is 14.0. The number of rotatable bonds is 12. The number of benzene rings is 2. The number of nitriles is 1. The Labute approximate surface area is 205 Å². The third-order valence-electron chi connectivity index (χ3n) is 7.99. The Bertz CT molecular complexity index is 896. The highest BCUT2D eigenvalue weighted by molar-refractivity contribution is 5.65. The van der Waals surface area contributed by atoms with Crippen molar-refractivity contribution in [2.75, 3.05) is 0 Å². The second-order valence-corrected chi connectivity index (χ2v) is 10.4. The van der Waals surface area contributed by atoms with Crippen LogP contribution in [0.2, 0.25) is 0 Å². The molecule has 1 aliphatic carbocycles. The minimum atomic E-state index is -0.807. The highest BCUT2D eigenvalue weighted by Crippen LogP contribution is 2.40. The molecule has 1 nitrogen and oxygen atoms in total. The van der Waals surface area contributed by atoms with Crippen molar-refractivity contribution in [1.82, 2.24) is 0 Å². The summed E-state index contributed by atoms with van der Waals surface area (Å²) in [6.07, 6.45) is 17.9. The predicted molar refractivity (Wildman–Crippen MR) is 138 cm³/mol. The number of hydrogen-bond donors (Lipinski definition) is 0. The summed E-state index contributed by atoms with van der Waals surface area (Å²) in [7, 11) is 0. The van der Waals surface area contributed by atoms with Gasteiger partial charge in [-0.2, -0.15) is 5.26 Å². The van der Waals surface area contributed by atoms with E-state index in [1.54, 1.807) is 6.07 Å². The Kier molecular flexibility index (Phi) is 10.6. The first-order valence-electron chi connectivity index (χ1n) is 13.5. The average Bonchev–Trinajstić information content (AvgIpc) is 2.85. The minimum Gasteiger partial charge on any atom is -0.205 e. The zero-order valence-electron chi connectivity index (χ0n) is 21.1. The van der Waals surface area contributed by atoms with Gasteiger partial charge in [0.15, 0.2) is 0 Å². The maximum Gasteiger partial charge on any atom is 0.144 e. The topological polar surface area (TPSA) is 23.8 Å². The molecule has 3 heteroatoms. The van der Waals surface area contributed by atoms with Gasteiger partial charge in [0.25, 0.3) is 0 Å². The summed E-state index contributed by atoms with van der Waals surface area (Å²) < 4.78 is 28.0. The van der Waals surface area contributed by atoms with E-state index in [-0.39, 0.29) is 0 Å². The Balaban J connectivity index is 1.43. The number of nitrogens with zero attached hydrogens (tertiary/aromatic N) is 1. The molecule has 0 heterocycles. The summed E-state index contributed by atoms with van der Waals surface area (Å²) in [5.74, 6) is 0.502. The van der Waals surface area contributed by atoms with E-state index in [9.17, 15) is 8.78 Å². The van der Waals surface area contributed by atoms with Crippen LogP contribution in [0.1, 0.15) is 114 Å². The fourth-order valence-electron chi connectivity index (χ4n) is 5.64. The molecule has 1 unspecified atom stereocenters. The van der Waals surface area contributed by atoms with Gasteiger partial charge in [0.05, 0.1) is 0 Å². The molecule has 2 aromatic carbocycles. The van der Waals surface area contributed by atoms with Crippen LogP contribution in [0.3, 0.4) is 0 Å². The van der Waals surface area contributed by atoms with Crippen molar-refractivity contribution in [2.24, 2.45) is 11.8 Å². The largest absolute Gasteiger partial charge is 0.205 e. The molecule has 2 aromatic rings. The van der Waals surface area contributed by atoms with E-state index in [1.807, 2.05) is 12.1 Å². The molecule has 0 amide bonds. The molecule has 3 rings (SSSR count). The van der Waals surface area contributed by atoms with Gasteiger partial charge in [-0.25, -0.2) is 8.78 Å². The summed E-state index contributed by atoms with van der Waals surface area (Å²) in [6.45, 7) is 4.59. The van der Waals surface area contributed by atoms with Crippen LogP contribution in [-0.4, -0.2) is 0 Å². The van der Waals surface area contributed by atoms with Crippen LogP contribution < -0.4 is 0 Å². The molecular weight excluding hydrogens is 424 g/mol. The van der Waals surface area contributed by atoms with Crippen molar-refractivity contribution >= 4 is 0 Å². The highest BCUT2D eigenvalue weighted by atomic mass is 19.1. The van der Waals surface area contributed by atoms with Crippen molar-refractivity contribution in [2.45, 2.75) is 103 Å². The molecule has 0 aliphatic heterocycles. The molecular formula is C31H41F2N. The van der Waals surface area contributed by atoms with Crippen molar-refractivity contribution in [3.05, 3.63) is 59.2 Å². The lowest BCUT2D eigenvalue weighted by molar-refractivity contribution is 0.236. The standard InChI is InChI=1S/C31H41F2N/c1-3-4-5-6-7-8-9-10-11-24-12-14-25(15-13-24)23(2)26-16-18-27(19-17-26)28-20-30(32)29(22-34)31(33)21-28/h16-21,23-25H,3-15H2,1-2H3. The molecule has 1 fully saturated rings. The summed E-state index contributed by atoms with van der Waals surface area (Å²) in [5.41, 5.74) is 2.01. The van der Waals surface area contributed by atoms with Gasteiger partial charge in [-0.1, -0.05) is 109 Å². The number of unbranched alkanes of at least 4 members (excludes halogenated alkanes) is 7. The molecule has 0 aromatic heterocycles. The van der Waals surface area contributed by atoms with Crippen LogP contribution >= 0.6 is 0 Å². The van der Waals surface area contributed by atoms with E-state index >= 15 is 0 Å². The quantitative estimate of drug-likeness (QED) is 0.286. The molecule has 0 N–H and O–H groups in total. The summed E-state index contributed by atoms with van der Waals surface area (Å²) in [4.78, 5) is 0. The van der Waals surface area contributed by atoms with Gasteiger partial charge in [-0.05, 0) is 59.4 Å². The lowest BCUT2D eigenvalue weighted by atomic mass is 9.73. The fraction of sp³-hybridized carbons (Fsp3) is 0.581. The molecule has 0 radical (unpaired) electrons. The van der Waals surface area contributed by atoms with Crippen LogP contribution in [0.15, 0.2) is 36.4 Å². The SMILES string of the molecule is CCCCCCCCCCC1CCC(C(C)c2ccc(-c3cc(F)c(C#N)c(F)c3)cc2)CC1. The van der Waals surface area contributed by atoms with Crippen LogP contribution in [0, 0.1) is 34.8 Å². The second-order valence-electron chi connectivity index (χ2n) is 10.4. The molecule has 1 atom stereocenters.